The van der Waals surface area contributed by atoms with E-state index in [0.29, 0.717) is 29.2 Å². The van der Waals surface area contributed by atoms with Crippen molar-refractivity contribution in [2.75, 3.05) is 23.9 Å². The number of esters is 1. The van der Waals surface area contributed by atoms with Gasteiger partial charge >= 0.3 is 5.97 Å². The van der Waals surface area contributed by atoms with Crippen molar-refractivity contribution in [1.82, 2.24) is 4.98 Å². The maximum atomic E-state index is 12.7. The Morgan fingerprint density at radius 3 is 2.55 bits per heavy atom. The van der Waals surface area contributed by atoms with Crippen molar-refractivity contribution in [3.63, 3.8) is 0 Å². The Kier molecular flexibility index (Phi) is 6.24. The lowest BCUT2D eigenvalue weighted by molar-refractivity contribution is 0.0600. The van der Waals surface area contributed by atoms with Crippen molar-refractivity contribution in [3.8, 4) is 0 Å². The summed E-state index contributed by atoms with van der Waals surface area (Å²) in [6.07, 6.45) is 1.62. The average Bonchev–Trinajstić information content (AvgIpc) is 2.74. The average molecular weight is 389 g/mol. The molecule has 0 saturated heterocycles. The maximum Gasteiger partial charge on any atom is 0.337 e. The number of rotatable bonds is 6. The fraction of sp³-hybridized carbons (Fsp3) is 0.174. The van der Waals surface area contributed by atoms with Crippen LogP contribution in [0.2, 0.25) is 0 Å². The number of hydrogen-bond donors (Lipinski definition) is 1. The number of nitrogens with one attached hydrogen (secondary N) is 1. The van der Waals surface area contributed by atoms with Gasteiger partial charge in [0.05, 0.1) is 12.7 Å². The first-order valence-electron chi connectivity index (χ1n) is 9.32. The van der Waals surface area contributed by atoms with Gasteiger partial charge in [-0.15, -0.1) is 0 Å². The van der Waals surface area contributed by atoms with Gasteiger partial charge in [-0.1, -0.05) is 18.2 Å². The highest BCUT2D eigenvalue weighted by atomic mass is 16.5. The van der Waals surface area contributed by atoms with Crippen LogP contribution < -0.4 is 10.2 Å². The van der Waals surface area contributed by atoms with Gasteiger partial charge in [0.25, 0.3) is 5.91 Å². The van der Waals surface area contributed by atoms with Crippen molar-refractivity contribution in [2.24, 2.45) is 0 Å². The van der Waals surface area contributed by atoms with Gasteiger partial charge in [0.1, 0.15) is 5.82 Å². The van der Waals surface area contributed by atoms with Crippen LogP contribution >= 0.6 is 0 Å². The Morgan fingerprint density at radius 2 is 1.83 bits per heavy atom. The summed E-state index contributed by atoms with van der Waals surface area (Å²) in [7, 11) is 1.32. The van der Waals surface area contributed by atoms with E-state index in [2.05, 4.69) is 16.4 Å². The monoisotopic (exact) mass is 389 g/mol. The standard InChI is InChI=1S/C23H23N3O3/c1-4-26(20-10-5-7-16(2)13-20)21-15-17(11-12-24-21)22(27)25-19-9-6-8-18(14-19)23(28)29-3/h5-15H,4H2,1-3H3,(H,25,27). The first kappa shape index (κ1) is 20.1. The van der Waals surface area contributed by atoms with Crippen LogP contribution in [0.4, 0.5) is 17.2 Å². The maximum absolute atomic E-state index is 12.7. The molecule has 148 valence electrons. The zero-order valence-electron chi connectivity index (χ0n) is 16.7. The number of anilines is 3. The van der Waals surface area contributed by atoms with Gasteiger partial charge in [0.15, 0.2) is 0 Å². The van der Waals surface area contributed by atoms with Crippen LogP contribution in [0, 0.1) is 6.92 Å². The molecule has 1 aromatic heterocycles. The lowest BCUT2D eigenvalue weighted by Gasteiger charge is -2.23. The van der Waals surface area contributed by atoms with E-state index in [1.807, 2.05) is 36.9 Å². The van der Waals surface area contributed by atoms with Crippen LogP contribution in [0.3, 0.4) is 0 Å². The molecule has 0 aliphatic carbocycles. The zero-order chi connectivity index (χ0) is 20.8. The third kappa shape index (κ3) is 4.79. The second-order valence-electron chi connectivity index (χ2n) is 6.51. The summed E-state index contributed by atoms with van der Waals surface area (Å²) >= 11 is 0. The summed E-state index contributed by atoms with van der Waals surface area (Å²) in [4.78, 5) is 30.9. The summed E-state index contributed by atoms with van der Waals surface area (Å²) < 4.78 is 4.72. The third-order valence-corrected chi connectivity index (χ3v) is 4.46. The highest BCUT2D eigenvalue weighted by Gasteiger charge is 2.14. The van der Waals surface area contributed by atoms with E-state index in [9.17, 15) is 9.59 Å². The van der Waals surface area contributed by atoms with Crippen LogP contribution in [0.15, 0.2) is 66.9 Å². The van der Waals surface area contributed by atoms with Crippen LogP contribution in [-0.4, -0.2) is 30.5 Å². The van der Waals surface area contributed by atoms with E-state index >= 15 is 0 Å². The number of amides is 1. The first-order chi connectivity index (χ1) is 14.0. The Morgan fingerprint density at radius 1 is 1.03 bits per heavy atom. The molecular weight excluding hydrogens is 366 g/mol. The van der Waals surface area contributed by atoms with Gasteiger partial charge < -0.3 is 15.0 Å². The number of methoxy groups -OCH3 is 1. The molecule has 0 aliphatic rings. The number of ether oxygens (including phenoxy) is 1. The summed E-state index contributed by atoms with van der Waals surface area (Å²) in [5.41, 5.74) is 3.54. The summed E-state index contributed by atoms with van der Waals surface area (Å²) in [5.74, 6) is -0.0472. The minimum absolute atomic E-state index is 0.282. The van der Waals surface area contributed by atoms with Crippen LogP contribution in [0.25, 0.3) is 0 Å². The molecule has 3 rings (SSSR count). The Balaban J connectivity index is 1.83. The molecule has 0 unspecified atom stereocenters. The number of nitrogens with zero attached hydrogens (tertiary/aromatic N) is 2. The largest absolute Gasteiger partial charge is 0.465 e. The minimum atomic E-state index is -0.455. The van der Waals surface area contributed by atoms with Gasteiger partial charge in [0.2, 0.25) is 0 Å². The molecule has 0 atom stereocenters. The van der Waals surface area contributed by atoms with E-state index in [1.165, 1.54) is 7.11 Å². The second kappa shape index (κ2) is 9.01. The smallest absolute Gasteiger partial charge is 0.337 e. The molecule has 1 heterocycles. The topological polar surface area (TPSA) is 71.5 Å². The van der Waals surface area contributed by atoms with Gasteiger partial charge in [0, 0.05) is 29.7 Å². The third-order valence-electron chi connectivity index (χ3n) is 4.46. The summed E-state index contributed by atoms with van der Waals surface area (Å²) in [6.45, 7) is 4.79. The Bertz CT molecular complexity index is 1030. The van der Waals surface area contributed by atoms with Crippen molar-refractivity contribution >= 4 is 29.1 Å². The van der Waals surface area contributed by atoms with Gasteiger partial charge in [-0.3, -0.25) is 4.79 Å². The predicted molar refractivity (Wildman–Crippen MR) is 114 cm³/mol. The fourth-order valence-corrected chi connectivity index (χ4v) is 3.02. The molecule has 0 bridgehead atoms. The van der Waals surface area contributed by atoms with Crippen molar-refractivity contribution in [3.05, 3.63) is 83.6 Å². The summed E-state index contributed by atoms with van der Waals surface area (Å²) in [6, 6.07) is 18.2. The minimum Gasteiger partial charge on any atom is -0.465 e. The molecule has 6 nitrogen and oxygen atoms in total. The molecule has 0 fully saturated rings. The molecule has 2 aromatic carbocycles. The highest BCUT2D eigenvalue weighted by Crippen LogP contribution is 2.25. The van der Waals surface area contributed by atoms with Crippen molar-refractivity contribution in [2.45, 2.75) is 13.8 Å². The molecule has 0 radical (unpaired) electrons. The van der Waals surface area contributed by atoms with E-state index in [4.69, 9.17) is 4.74 Å². The SMILES string of the molecule is CCN(c1cccc(C)c1)c1cc(C(=O)Nc2cccc(C(=O)OC)c2)ccn1. The Hall–Kier alpha value is -3.67. The number of aryl methyl sites for hydroxylation is 1. The lowest BCUT2D eigenvalue weighted by Crippen LogP contribution is -2.19. The molecule has 0 spiro atoms. The number of hydrogen-bond acceptors (Lipinski definition) is 5. The number of pyridine rings is 1. The molecule has 1 N–H and O–H groups in total. The highest BCUT2D eigenvalue weighted by molar-refractivity contribution is 6.05. The van der Waals surface area contributed by atoms with Gasteiger partial charge in [-0.25, -0.2) is 9.78 Å². The normalized spacial score (nSPS) is 10.3. The molecule has 6 heteroatoms. The Labute approximate surface area is 170 Å². The van der Waals surface area contributed by atoms with Crippen molar-refractivity contribution in [1.29, 1.82) is 0 Å². The molecule has 1 amide bonds. The van der Waals surface area contributed by atoms with Crippen LogP contribution in [-0.2, 0) is 4.74 Å². The lowest BCUT2D eigenvalue weighted by atomic mass is 10.1. The predicted octanol–water partition coefficient (Wildman–Crippen LogP) is 4.59. The van der Waals surface area contributed by atoms with E-state index < -0.39 is 5.97 Å². The van der Waals surface area contributed by atoms with E-state index in [-0.39, 0.29) is 5.91 Å². The molecule has 0 saturated carbocycles. The van der Waals surface area contributed by atoms with Gasteiger partial charge in [-0.2, -0.15) is 0 Å². The zero-order valence-corrected chi connectivity index (χ0v) is 16.7. The van der Waals surface area contributed by atoms with Crippen LogP contribution in [0.5, 0.6) is 0 Å². The molecule has 3 aromatic rings. The molecule has 29 heavy (non-hydrogen) atoms. The second-order valence-corrected chi connectivity index (χ2v) is 6.51. The van der Waals surface area contributed by atoms with Crippen LogP contribution in [0.1, 0.15) is 33.2 Å². The number of benzene rings is 2. The quantitative estimate of drug-likeness (QED) is 0.625. The number of carbonyl (C=O) groups is 2. The molecular formula is C23H23N3O3. The number of carbonyl (C=O) groups excluding carboxylic acids is 2. The van der Waals surface area contributed by atoms with E-state index in [1.54, 1.807) is 42.6 Å². The van der Waals surface area contributed by atoms with Crippen molar-refractivity contribution < 1.29 is 14.3 Å². The van der Waals surface area contributed by atoms with Gasteiger partial charge in [-0.05, 0) is 61.9 Å². The summed E-state index contributed by atoms with van der Waals surface area (Å²) in [5, 5.41) is 2.82. The van der Waals surface area contributed by atoms with E-state index in [0.717, 1.165) is 11.3 Å². The first-order valence-corrected chi connectivity index (χ1v) is 9.32. The fourth-order valence-electron chi connectivity index (χ4n) is 3.02. The number of aromatic nitrogens is 1. The molecule has 0 aliphatic heterocycles.